The normalized spacial score (nSPS) is 11.9. The number of allylic oxidation sites excluding steroid dienone is 3. The van der Waals surface area contributed by atoms with E-state index in [1.54, 1.807) is 12.1 Å². The van der Waals surface area contributed by atoms with Crippen LogP contribution in [0.5, 0.6) is 11.5 Å². The van der Waals surface area contributed by atoms with Gasteiger partial charge in [0.05, 0.1) is 29.6 Å². The Bertz CT molecular complexity index is 1310. The minimum Gasteiger partial charge on any atom is -0.508 e. The van der Waals surface area contributed by atoms with Crippen molar-refractivity contribution in [1.29, 1.82) is 0 Å². The number of hydrogen-bond acceptors (Lipinski definition) is 5. The highest BCUT2D eigenvalue weighted by Gasteiger charge is 2.22. The Morgan fingerprint density at radius 2 is 1.72 bits per heavy atom. The summed E-state index contributed by atoms with van der Waals surface area (Å²) in [6.45, 7) is 7.23. The Kier molecular flexibility index (Phi) is 8.48. The predicted molar refractivity (Wildman–Crippen MR) is 137 cm³/mol. The van der Waals surface area contributed by atoms with Crippen LogP contribution in [0, 0.1) is 18.6 Å². The fourth-order valence-electron chi connectivity index (χ4n) is 3.82. The van der Waals surface area contributed by atoms with Crippen LogP contribution in [0.4, 0.5) is 14.5 Å². The van der Waals surface area contributed by atoms with Crippen LogP contribution in [-0.4, -0.2) is 18.2 Å². The van der Waals surface area contributed by atoms with Gasteiger partial charge in [0.25, 0.3) is 0 Å². The summed E-state index contributed by atoms with van der Waals surface area (Å²) in [6.07, 6.45) is 3.75. The molecule has 0 aliphatic heterocycles. The Morgan fingerprint density at radius 3 is 2.33 bits per heavy atom. The van der Waals surface area contributed by atoms with Crippen LogP contribution in [0.25, 0.3) is 5.70 Å². The van der Waals surface area contributed by atoms with E-state index in [-0.39, 0.29) is 23.5 Å². The zero-order valence-corrected chi connectivity index (χ0v) is 20.9. The Balaban J connectivity index is 2.12. The first-order valence-electron chi connectivity index (χ1n) is 11.4. The first-order chi connectivity index (χ1) is 17.2. The summed E-state index contributed by atoms with van der Waals surface area (Å²) in [5.74, 6) is -1.64. The highest BCUT2D eigenvalue weighted by Crippen LogP contribution is 2.37. The topological polar surface area (TPSA) is 59.0 Å². The Morgan fingerprint density at radius 1 is 1.03 bits per heavy atom. The molecule has 5 nitrogen and oxygen atoms in total. The number of nitrogens with zero attached hydrogens (tertiary/aromatic N) is 1. The number of methoxy groups -OCH3 is 1. The van der Waals surface area contributed by atoms with Gasteiger partial charge in [-0.2, -0.15) is 0 Å². The van der Waals surface area contributed by atoms with Crippen LogP contribution >= 0.6 is 0 Å². The summed E-state index contributed by atoms with van der Waals surface area (Å²) in [6, 6.07) is 13.7. The number of carbonyl (C=O) groups excluding carboxylic acids is 1. The van der Waals surface area contributed by atoms with Crippen molar-refractivity contribution < 1.29 is 28.2 Å². The quantitative estimate of drug-likeness (QED) is 0.338. The van der Waals surface area contributed by atoms with Crippen molar-refractivity contribution in [3.05, 3.63) is 106 Å². The van der Waals surface area contributed by atoms with E-state index in [4.69, 9.17) is 9.47 Å². The van der Waals surface area contributed by atoms with Crippen molar-refractivity contribution in [3.63, 3.8) is 0 Å². The molecule has 0 aliphatic rings. The second-order valence-corrected chi connectivity index (χ2v) is 8.16. The highest BCUT2D eigenvalue weighted by molar-refractivity contribution is 5.93. The maximum Gasteiger partial charge on any atom is 0.338 e. The molecule has 0 heterocycles. The molecule has 0 radical (unpaired) electrons. The number of rotatable bonds is 8. The minimum atomic E-state index is -0.684. The fraction of sp³-hybridized carbons (Fsp3) is 0.207. The highest BCUT2D eigenvalue weighted by atomic mass is 19.1. The molecule has 1 N–H and O–H groups in total. The van der Waals surface area contributed by atoms with Gasteiger partial charge in [-0.1, -0.05) is 29.8 Å². The smallest absolute Gasteiger partial charge is 0.338 e. The van der Waals surface area contributed by atoms with E-state index in [0.29, 0.717) is 22.7 Å². The predicted octanol–water partition coefficient (Wildman–Crippen LogP) is 7.14. The molecule has 0 atom stereocenters. The summed E-state index contributed by atoms with van der Waals surface area (Å²) in [4.78, 5) is 14.1. The van der Waals surface area contributed by atoms with Gasteiger partial charge in [0.15, 0.2) is 0 Å². The van der Waals surface area contributed by atoms with E-state index in [9.17, 15) is 18.7 Å². The van der Waals surface area contributed by atoms with Crippen LogP contribution in [0.2, 0.25) is 0 Å². The number of aryl methyl sites for hydroxylation is 1. The van der Waals surface area contributed by atoms with E-state index in [1.165, 1.54) is 37.4 Å². The zero-order valence-electron chi connectivity index (χ0n) is 20.9. The lowest BCUT2D eigenvalue weighted by atomic mass is 10.0. The Hall–Kier alpha value is -4.13. The van der Waals surface area contributed by atoms with E-state index >= 15 is 0 Å². The number of phenolic OH excluding ortho intramolecular Hbond substituents is 1. The molecule has 188 valence electrons. The van der Waals surface area contributed by atoms with Gasteiger partial charge in [-0.15, -0.1) is 0 Å². The molecule has 0 spiro atoms. The number of halogens is 2. The van der Waals surface area contributed by atoms with Gasteiger partial charge < -0.3 is 19.5 Å². The first-order valence-corrected chi connectivity index (χ1v) is 11.4. The third-order valence-corrected chi connectivity index (χ3v) is 5.71. The van der Waals surface area contributed by atoms with E-state index in [2.05, 4.69) is 0 Å². The van der Waals surface area contributed by atoms with Gasteiger partial charge >= 0.3 is 5.97 Å². The van der Waals surface area contributed by atoms with Crippen LogP contribution < -0.4 is 9.64 Å². The van der Waals surface area contributed by atoms with Gasteiger partial charge in [0, 0.05) is 17.3 Å². The molecule has 0 unspecified atom stereocenters. The lowest BCUT2D eigenvalue weighted by Crippen LogP contribution is -2.20. The number of phenols is 1. The van der Waals surface area contributed by atoms with Crippen molar-refractivity contribution in [2.24, 2.45) is 0 Å². The standard InChI is InChI=1S/C29H29F2NO4/c1-6-19(4)32(21-14-20(29(34)35-5)15-22(33)16-21)27(7-2)23-13-18(3)11-12-28(23)36-17-24-25(30)9-8-10-26(24)31/h6-16,33H,17H2,1-5H3/b19-6-,27-7-. The summed E-state index contributed by atoms with van der Waals surface area (Å²) in [5.41, 5.74) is 3.64. The van der Waals surface area contributed by atoms with Crippen molar-refractivity contribution in [2.45, 2.75) is 34.3 Å². The fourth-order valence-corrected chi connectivity index (χ4v) is 3.82. The molecular formula is C29H29F2NO4. The number of hydrogen-bond donors (Lipinski definition) is 1. The molecule has 3 aromatic rings. The number of benzene rings is 3. The molecule has 0 saturated heterocycles. The Labute approximate surface area is 209 Å². The molecule has 7 heteroatoms. The first kappa shape index (κ1) is 26.5. The van der Waals surface area contributed by atoms with E-state index < -0.39 is 17.6 Å². The van der Waals surface area contributed by atoms with Crippen LogP contribution in [-0.2, 0) is 11.3 Å². The van der Waals surface area contributed by atoms with Crippen molar-refractivity contribution in [1.82, 2.24) is 0 Å². The molecule has 0 amide bonds. The van der Waals surface area contributed by atoms with E-state index in [1.807, 2.05) is 56.9 Å². The van der Waals surface area contributed by atoms with Gasteiger partial charge in [-0.3, -0.25) is 0 Å². The number of aromatic hydroxyl groups is 1. The largest absolute Gasteiger partial charge is 0.508 e. The van der Waals surface area contributed by atoms with Crippen LogP contribution in [0.15, 0.2) is 72.4 Å². The monoisotopic (exact) mass is 493 g/mol. The van der Waals surface area contributed by atoms with Crippen LogP contribution in [0.1, 0.15) is 47.8 Å². The lowest BCUT2D eigenvalue weighted by Gasteiger charge is -2.30. The molecule has 0 aliphatic carbocycles. The minimum absolute atomic E-state index is 0.104. The molecule has 0 fully saturated rings. The molecule has 3 rings (SSSR count). The average Bonchev–Trinajstić information content (AvgIpc) is 2.86. The maximum absolute atomic E-state index is 14.2. The van der Waals surface area contributed by atoms with Crippen LogP contribution in [0.3, 0.4) is 0 Å². The van der Waals surface area contributed by atoms with E-state index in [0.717, 1.165) is 11.3 Å². The van der Waals surface area contributed by atoms with Gasteiger partial charge in [-0.05, 0) is 64.1 Å². The summed E-state index contributed by atoms with van der Waals surface area (Å²) in [5, 5.41) is 10.4. The summed E-state index contributed by atoms with van der Waals surface area (Å²) >= 11 is 0. The summed E-state index contributed by atoms with van der Waals surface area (Å²) in [7, 11) is 1.27. The summed E-state index contributed by atoms with van der Waals surface area (Å²) < 4.78 is 39.2. The molecule has 36 heavy (non-hydrogen) atoms. The number of carbonyl (C=O) groups is 1. The molecular weight excluding hydrogens is 464 g/mol. The third kappa shape index (κ3) is 5.74. The van der Waals surface area contributed by atoms with Gasteiger partial charge in [-0.25, -0.2) is 13.6 Å². The molecule has 0 aromatic heterocycles. The molecule has 3 aromatic carbocycles. The number of ether oxygens (including phenoxy) is 2. The number of anilines is 1. The molecule has 0 bridgehead atoms. The SMILES string of the molecule is C/C=C(/C)N(/C(=C\C)c1cc(C)ccc1OCc1c(F)cccc1F)c1cc(O)cc(C(=O)OC)c1. The zero-order chi connectivity index (χ0) is 26.4. The second-order valence-electron chi connectivity index (χ2n) is 8.16. The number of esters is 1. The van der Waals surface area contributed by atoms with Crippen molar-refractivity contribution in [2.75, 3.05) is 12.0 Å². The third-order valence-electron chi connectivity index (χ3n) is 5.71. The van der Waals surface area contributed by atoms with Gasteiger partial charge in [0.2, 0.25) is 0 Å². The molecule has 0 saturated carbocycles. The van der Waals surface area contributed by atoms with Crippen molar-refractivity contribution in [3.8, 4) is 11.5 Å². The van der Waals surface area contributed by atoms with Gasteiger partial charge in [0.1, 0.15) is 29.7 Å². The second kappa shape index (κ2) is 11.5. The van der Waals surface area contributed by atoms with Crippen molar-refractivity contribution >= 4 is 17.4 Å². The lowest BCUT2D eigenvalue weighted by molar-refractivity contribution is 0.0600. The maximum atomic E-state index is 14.2. The average molecular weight is 494 g/mol.